The summed E-state index contributed by atoms with van der Waals surface area (Å²) in [4.78, 5) is 17.2. The van der Waals surface area contributed by atoms with Gasteiger partial charge in [-0.1, -0.05) is 12.1 Å². The fourth-order valence-electron chi connectivity index (χ4n) is 2.98. The second-order valence-electron chi connectivity index (χ2n) is 6.87. The number of anilines is 1. The van der Waals surface area contributed by atoms with Gasteiger partial charge in [0.15, 0.2) is 0 Å². The molecule has 0 radical (unpaired) electrons. The van der Waals surface area contributed by atoms with Gasteiger partial charge in [0.1, 0.15) is 18.1 Å². The summed E-state index contributed by atoms with van der Waals surface area (Å²) in [7, 11) is 1.60. The molecule has 2 N–H and O–H groups in total. The molecule has 1 aliphatic rings. The van der Waals surface area contributed by atoms with Gasteiger partial charge in [-0.2, -0.15) is 0 Å². The van der Waals surface area contributed by atoms with Crippen LogP contribution in [-0.4, -0.2) is 57.0 Å². The number of methoxy groups -OCH3 is 1. The molecule has 0 spiro atoms. The standard InChI is InChI=1S/C21H26FN3O4/c1-14-13-29-21-18(24-14)12-16(11-15-3-5-17(22)6-4-15)19(25-21)20(26)23-7-8-28-10-9-27-2/h3-6,12,14,24H,7-11,13H2,1-2H3,(H,23,26). The van der Waals surface area contributed by atoms with E-state index in [1.807, 2.05) is 13.0 Å². The first kappa shape index (κ1) is 21.0. The Morgan fingerprint density at radius 2 is 2.10 bits per heavy atom. The lowest BCUT2D eigenvalue weighted by Gasteiger charge is -2.25. The third-order valence-corrected chi connectivity index (χ3v) is 4.43. The van der Waals surface area contributed by atoms with E-state index in [1.54, 1.807) is 19.2 Å². The fourth-order valence-corrected chi connectivity index (χ4v) is 2.98. The predicted molar refractivity (Wildman–Crippen MR) is 107 cm³/mol. The number of aromatic nitrogens is 1. The lowest BCUT2D eigenvalue weighted by atomic mass is 10.0. The van der Waals surface area contributed by atoms with E-state index in [4.69, 9.17) is 14.2 Å². The van der Waals surface area contributed by atoms with E-state index in [0.29, 0.717) is 51.0 Å². The topological polar surface area (TPSA) is 81.7 Å². The maximum absolute atomic E-state index is 13.2. The number of amides is 1. The van der Waals surface area contributed by atoms with Gasteiger partial charge in [-0.05, 0) is 42.7 Å². The maximum Gasteiger partial charge on any atom is 0.270 e. The van der Waals surface area contributed by atoms with Gasteiger partial charge >= 0.3 is 0 Å². The van der Waals surface area contributed by atoms with Crippen molar-refractivity contribution in [3.05, 3.63) is 53.0 Å². The highest BCUT2D eigenvalue weighted by Crippen LogP contribution is 2.30. The summed E-state index contributed by atoms with van der Waals surface area (Å²) < 4.78 is 29.2. The van der Waals surface area contributed by atoms with E-state index in [1.165, 1.54) is 12.1 Å². The second-order valence-corrected chi connectivity index (χ2v) is 6.87. The molecule has 0 fully saturated rings. The fraction of sp³-hybridized carbons (Fsp3) is 0.429. The molecule has 8 heteroatoms. The number of fused-ring (bicyclic) bond motifs is 1. The number of hydrogen-bond acceptors (Lipinski definition) is 6. The summed E-state index contributed by atoms with van der Waals surface area (Å²) in [6, 6.07) is 8.24. The van der Waals surface area contributed by atoms with Crippen molar-refractivity contribution in [2.75, 3.05) is 45.4 Å². The van der Waals surface area contributed by atoms with E-state index in [9.17, 15) is 9.18 Å². The van der Waals surface area contributed by atoms with Crippen molar-refractivity contribution < 1.29 is 23.4 Å². The Bertz CT molecular complexity index is 829. The maximum atomic E-state index is 13.2. The molecular weight excluding hydrogens is 377 g/mol. The van der Waals surface area contributed by atoms with Crippen molar-refractivity contribution in [1.82, 2.24) is 10.3 Å². The molecule has 7 nitrogen and oxygen atoms in total. The van der Waals surface area contributed by atoms with Crippen molar-refractivity contribution in [2.45, 2.75) is 19.4 Å². The van der Waals surface area contributed by atoms with Crippen molar-refractivity contribution in [3.8, 4) is 5.88 Å². The summed E-state index contributed by atoms with van der Waals surface area (Å²) in [6.45, 7) is 4.19. The summed E-state index contributed by atoms with van der Waals surface area (Å²) in [5.41, 5.74) is 2.66. The number of nitrogens with one attached hydrogen (secondary N) is 2. The number of carbonyl (C=O) groups is 1. The molecule has 156 valence electrons. The Labute approximate surface area is 169 Å². The van der Waals surface area contributed by atoms with E-state index >= 15 is 0 Å². The quantitative estimate of drug-likeness (QED) is 0.626. The highest BCUT2D eigenvalue weighted by molar-refractivity contribution is 5.94. The second kappa shape index (κ2) is 10.2. The zero-order valence-electron chi connectivity index (χ0n) is 16.7. The zero-order valence-corrected chi connectivity index (χ0v) is 16.7. The van der Waals surface area contributed by atoms with Gasteiger partial charge in [-0.25, -0.2) is 9.37 Å². The van der Waals surface area contributed by atoms with Crippen molar-refractivity contribution in [1.29, 1.82) is 0 Å². The molecule has 2 aromatic rings. The van der Waals surface area contributed by atoms with E-state index in [-0.39, 0.29) is 17.8 Å². The smallest absolute Gasteiger partial charge is 0.270 e. The third-order valence-electron chi connectivity index (χ3n) is 4.43. The van der Waals surface area contributed by atoms with Gasteiger partial charge in [0.05, 0.1) is 31.5 Å². The molecule has 1 aliphatic heterocycles. The molecule has 1 unspecified atom stereocenters. The lowest BCUT2D eigenvalue weighted by Crippen LogP contribution is -2.32. The number of benzene rings is 1. The number of hydrogen-bond donors (Lipinski definition) is 2. The first-order chi connectivity index (χ1) is 14.1. The Morgan fingerprint density at radius 1 is 1.31 bits per heavy atom. The monoisotopic (exact) mass is 403 g/mol. The van der Waals surface area contributed by atoms with Gasteiger partial charge in [0, 0.05) is 13.7 Å². The molecule has 3 rings (SSSR count). The number of ether oxygens (including phenoxy) is 3. The normalized spacial score (nSPS) is 15.2. The largest absolute Gasteiger partial charge is 0.474 e. The highest BCUT2D eigenvalue weighted by atomic mass is 19.1. The first-order valence-corrected chi connectivity index (χ1v) is 9.59. The molecule has 1 amide bonds. The first-order valence-electron chi connectivity index (χ1n) is 9.59. The number of carbonyl (C=O) groups excluding carboxylic acids is 1. The number of halogens is 1. The van der Waals surface area contributed by atoms with Crippen molar-refractivity contribution >= 4 is 11.6 Å². The summed E-state index contributed by atoms with van der Waals surface area (Å²) in [5, 5.41) is 6.15. The SMILES string of the molecule is COCCOCCNC(=O)c1nc2c(cc1Cc1ccc(F)cc1)NC(C)CO2. The average Bonchev–Trinajstić information content (AvgIpc) is 2.71. The lowest BCUT2D eigenvalue weighted by molar-refractivity contribution is 0.0691. The molecule has 0 saturated carbocycles. The van der Waals surface area contributed by atoms with E-state index in [0.717, 1.165) is 16.8 Å². The zero-order chi connectivity index (χ0) is 20.6. The Balaban J connectivity index is 1.76. The minimum Gasteiger partial charge on any atom is -0.474 e. The van der Waals surface area contributed by atoms with Crippen LogP contribution in [0.4, 0.5) is 10.1 Å². The van der Waals surface area contributed by atoms with Crippen LogP contribution in [-0.2, 0) is 15.9 Å². The van der Waals surface area contributed by atoms with Crippen LogP contribution in [0.25, 0.3) is 0 Å². The Morgan fingerprint density at radius 3 is 2.86 bits per heavy atom. The van der Waals surface area contributed by atoms with Gasteiger partial charge < -0.3 is 24.8 Å². The molecule has 1 aromatic heterocycles. The molecule has 0 aliphatic carbocycles. The summed E-state index contributed by atoms with van der Waals surface area (Å²) in [5.74, 6) is -0.192. The molecule has 29 heavy (non-hydrogen) atoms. The average molecular weight is 403 g/mol. The van der Waals surface area contributed by atoms with Crippen LogP contribution in [0.1, 0.15) is 28.5 Å². The molecule has 0 saturated heterocycles. The van der Waals surface area contributed by atoms with E-state index in [2.05, 4.69) is 15.6 Å². The van der Waals surface area contributed by atoms with Crippen molar-refractivity contribution in [3.63, 3.8) is 0 Å². The van der Waals surface area contributed by atoms with Crippen LogP contribution in [0.2, 0.25) is 0 Å². The minimum absolute atomic E-state index is 0.145. The number of pyridine rings is 1. The van der Waals surface area contributed by atoms with Gasteiger partial charge in [-0.3, -0.25) is 4.79 Å². The van der Waals surface area contributed by atoms with Crippen molar-refractivity contribution in [2.24, 2.45) is 0 Å². The molecular formula is C21H26FN3O4. The third kappa shape index (κ3) is 5.88. The van der Waals surface area contributed by atoms with Crippen LogP contribution in [0.5, 0.6) is 5.88 Å². The summed E-state index contributed by atoms with van der Waals surface area (Å²) >= 11 is 0. The Kier molecular flexibility index (Phi) is 7.37. The predicted octanol–water partition coefficient (Wildman–Crippen LogP) is 2.40. The number of nitrogens with zero attached hydrogens (tertiary/aromatic N) is 1. The van der Waals surface area contributed by atoms with Crippen LogP contribution in [0, 0.1) is 5.82 Å². The van der Waals surface area contributed by atoms with Gasteiger partial charge in [0.2, 0.25) is 5.88 Å². The van der Waals surface area contributed by atoms with Crippen LogP contribution < -0.4 is 15.4 Å². The highest BCUT2D eigenvalue weighted by Gasteiger charge is 2.22. The number of rotatable bonds is 9. The Hall–Kier alpha value is -2.71. The minimum atomic E-state index is -0.303. The van der Waals surface area contributed by atoms with E-state index < -0.39 is 0 Å². The van der Waals surface area contributed by atoms with Gasteiger partial charge in [0.25, 0.3) is 5.91 Å². The van der Waals surface area contributed by atoms with Crippen LogP contribution in [0.3, 0.4) is 0 Å². The molecule has 0 bridgehead atoms. The molecule has 1 aromatic carbocycles. The van der Waals surface area contributed by atoms with Crippen LogP contribution >= 0.6 is 0 Å². The van der Waals surface area contributed by atoms with Gasteiger partial charge in [-0.15, -0.1) is 0 Å². The molecule has 1 atom stereocenters. The van der Waals surface area contributed by atoms with Crippen LogP contribution in [0.15, 0.2) is 30.3 Å². The molecule has 2 heterocycles. The summed E-state index contributed by atoms with van der Waals surface area (Å²) in [6.07, 6.45) is 0.448.